The van der Waals surface area contributed by atoms with E-state index < -0.39 is 0 Å². The molecule has 14 heavy (non-hydrogen) atoms. The maximum Gasteiger partial charge on any atom is 0.243 e. The molecule has 1 amide bonds. The molecule has 0 bridgehead atoms. The van der Waals surface area contributed by atoms with Crippen molar-refractivity contribution in [2.75, 3.05) is 6.54 Å². The Kier molecular flexibility index (Phi) is 4.41. The summed E-state index contributed by atoms with van der Waals surface area (Å²) in [6.45, 7) is 2.44. The van der Waals surface area contributed by atoms with E-state index in [0.717, 1.165) is 12.1 Å². The maximum absolute atomic E-state index is 11.0. The van der Waals surface area contributed by atoms with Gasteiger partial charge in [0, 0.05) is 24.9 Å². The summed E-state index contributed by atoms with van der Waals surface area (Å²) in [5, 5.41) is 2.77. The van der Waals surface area contributed by atoms with Gasteiger partial charge in [-0.05, 0) is 25.1 Å². The highest BCUT2D eigenvalue weighted by Crippen LogP contribution is 1.92. The topological polar surface area (TPSA) is 42.0 Å². The minimum absolute atomic E-state index is 0.0524. The van der Waals surface area contributed by atoms with Crippen molar-refractivity contribution in [1.29, 1.82) is 0 Å². The van der Waals surface area contributed by atoms with Gasteiger partial charge in [-0.3, -0.25) is 9.78 Å². The lowest BCUT2D eigenvalue weighted by atomic mass is 10.3. The summed E-state index contributed by atoms with van der Waals surface area (Å²) in [7, 11) is 0. The fraction of sp³-hybridized carbons (Fsp3) is 0.273. The number of rotatable bonds is 4. The summed E-state index contributed by atoms with van der Waals surface area (Å²) in [5.41, 5.74) is 0.994. The van der Waals surface area contributed by atoms with E-state index in [1.165, 1.54) is 6.08 Å². The van der Waals surface area contributed by atoms with Crippen LogP contribution in [0, 0.1) is 0 Å². The molecule has 3 heteroatoms. The molecule has 1 aromatic rings. The first-order valence-corrected chi connectivity index (χ1v) is 4.63. The van der Waals surface area contributed by atoms with Crippen molar-refractivity contribution in [3.05, 3.63) is 42.2 Å². The number of carbonyl (C=O) groups is 1. The molecule has 0 aliphatic rings. The Morgan fingerprint density at radius 3 is 3.07 bits per heavy atom. The van der Waals surface area contributed by atoms with Gasteiger partial charge in [0.1, 0.15) is 0 Å². The van der Waals surface area contributed by atoms with Crippen molar-refractivity contribution in [2.24, 2.45) is 0 Å². The Morgan fingerprint density at radius 2 is 2.43 bits per heavy atom. The Balaban J connectivity index is 2.25. The molecule has 0 aliphatic heterocycles. The van der Waals surface area contributed by atoms with Crippen LogP contribution >= 0.6 is 0 Å². The van der Waals surface area contributed by atoms with Gasteiger partial charge in [-0.2, -0.15) is 0 Å². The van der Waals surface area contributed by atoms with Gasteiger partial charge in [0.05, 0.1) is 0 Å². The van der Waals surface area contributed by atoms with Gasteiger partial charge in [0.15, 0.2) is 0 Å². The van der Waals surface area contributed by atoms with Crippen molar-refractivity contribution in [2.45, 2.75) is 13.3 Å². The largest absolute Gasteiger partial charge is 0.352 e. The Bertz CT molecular complexity index is 306. The zero-order valence-corrected chi connectivity index (χ0v) is 8.23. The number of hydrogen-bond acceptors (Lipinski definition) is 2. The number of hydrogen-bond donors (Lipinski definition) is 1. The number of nitrogens with zero attached hydrogens (tertiary/aromatic N) is 1. The average molecular weight is 190 g/mol. The van der Waals surface area contributed by atoms with E-state index >= 15 is 0 Å². The number of allylic oxidation sites excluding steroid dienone is 1. The molecule has 0 aliphatic carbocycles. The summed E-state index contributed by atoms with van der Waals surface area (Å²) in [6, 6.07) is 5.76. The molecule has 1 aromatic heterocycles. The van der Waals surface area contributed by atoms with Crippen LogP contribution in [0.2, 0.25) is 0 Å². The van der Waals surface area contributed by atoms with Crippen LogP contribution in [0.25, 0.3) is 0 Å². The predicted octanol–water partition coefficient (Wildman–Crippen LogP) is 1.32. The Morgan fingerprint density at radius 1 is 1.57 bits per heavy atom. The molecule has 1 rings (SSSR count). The van der Waals surface area contributed by atoms with E-state index in [-0.39, 0.29) is 5.91 Å². The second-order valence-corrected chi connectivity index (χ2v) is 2.86. The van der Waals surface area contributed by atoms with Gasteiger partial charge in [0.25, 0.3) is 0 Å². The van der Waals surface area contributed by atoms with Crippen LogP contribution in [-0.4, -0.2) is 17.4 Å². The summed E-state index contributed by atoms with van der Waals surface area (Å²) < 4.78 is 0. The van der Waals surface area contributed by atoms with E-state index in [1.807, 2.05) is 25.1 Å². The Hall–Kier alpha value is -1.64. The first kappa shape index (κ1) is 10.4. The molecule has 0 saturated heterocycles. The van der Waals surface area contributed by atoms with Crippen molar-refractivity contribution >= 4 is 5.91 Å². The first-order valence-electron chi connectivity index (χ1n) is 4.63. The average Bonchev–Trinajstić information content (AvgIpc) is 2.20. The lowest BCUT2D eigenvalue weighted by Crippen LogP contribution is -2.23. The minimum atomic E-state index is -0.0524. The highest BCUT2D eigenvalue weighted by atomic mass is 16.1. The fourth-order valence-corrected chi connectivity index (χ4v) is 1.07. The molecule has 0 saturated carbocycles. The summed E-state index contributed by atoms with van der Waals surface area (Å²) >= 11 is 0. The van der Waals surface area contributed by atoms with Crippen LogP contribution in [0.3, 0.4) is 0 Å². The SMILES string of the molecule is C/C=C/C(=O)NCCc1ccccn1. The second kappa shape index (κ2) is 5.91. The second-order valence-electron chi connectivity index (χ2n) is 2.86. The third kappa shape index (κ3) is 3.85. The van der Waals surface area contributed by atoms with Crippen LogP contribution in [-0.2, 0) is 11.2 Å². The van der Waals surface area contributed by atoms with Crippen molar-refractivity contribution in [1.82, 2.24) is 10.3 Å². The van der Waals surface area contributed by atoms with E-state index in [4.69, 9.17) is 0 Å². The molecule has 0 unspecified atom stereocenters. The monoisotopic (exact) mass is 190 g/mol. The van der Waals surface area contributed by atoms with Crippen LogP contribution in [0.5, 0.6) is 0 Å². The molecule has 0 radical (unpaired) electrons. The Labute approximate surface area is 83.9 Å². The van der Waals surface area contributed by atoms with E-state index in [9.17, 15) is 4.79 Å². The number of carbonyl (C=O) groups excluding carboxylic acids is 1. The number of nitrogens with one attached hydrogen (secondary N) is 1. The smallest absolute Gasteiger partial charge is 0.243 e. The predicted molar refractivity (Wildman–Crippen MR) is 55.8 cm³/mol. The molecular weight excluding hydrogens is 176 g/mol. The lowest BCUT2D eigenvalue weighted by molar-refractivity contribution is -0.116. The molecule has 1 heterocycles. The molecule has 0 atom stereocenters. The van der Waals surface area contributed by atoms with Crippen LogP contribution in [0.4, 0.5) is 0 Å². The highest BCUT2D eigenvalue weighted by molar-refractivity contribution is 5.87. The van der Waals surface area contributed by atoms with Crippen molar-refractivity contribution < 1.29 is 4.79 Å². The van der Waals surface area contributed by atoms with Gasteiger partial charge < -0.3 is 5.32 Å². The third-order valence-corrected chi connectivity index (χ3v) is 1.72. The zero-order chi connectivity index (χ0) is 10.2. The minimum Gasteiger partial charge on any atom is -0.352 e. The lowest BCUT2D eigenvalue weighted by Gasteiger charge is -2.01. The molecule has 1 N–H and O–H groups in total. The van der Waals surface area contributed by atoms with Gasteiger partial charge in [0.2, 0.25) is 5.91 Å². The molecule has 74 valence electrons. The van der Waals surface area contributed by atoms with E-state index in [2.05, 4.69) is 10.3 Å². The normalized spacial score (nSPS) is 10.4. The molecule has 0 fully saturated rings. The summed E-state index contributed by atoms with van der Waals surface area (Å²) in [5.74, 6) is -0.0524. The van der Waals surface area contributed by atoms with Crippen LogP contribution in [0.15, 0.2) is 36.5 Å². The van der Waals surface area contributed by atoms with Crippen LogP contribution < -0.4 is 5.32 Å². The first-order chi connectivity index (χ1) is 6.83. The summed E-state index contributed by atoms with van der Waals surface area (Å²) in [6.07, 6.45) is 5.75. The van der Waals surface area contributed by atoms with Gasteiger partial charge in [-0.1, -0.05) is 12.1 Å². The van der Waals surface area contributed by atoms with Crippen molar-refractivity contribution in [3.63, 3.8) is 0 Å². The quantitative estimate of drug-likeness (QED) is 0.727. The maximum atomic E-state index is 11.0. The van der Waals surface area contributed by atoms with E-state index in [1.54, 1.807) is 12.3 Å². The molecule has 0 spiro atoms. The van der Waals surface area contributed by atoms with Gasteiger partial charge in [-0.25, -0.2) is 0 Å². The number of amides is 1. The zero-order valence-electron chi connectivity index (χ0n) is 8.23. The molecular formula is C11H14N2O. The van der Waals surface area contributed by atoms with E-state index in [0.29, 0.717) is 6.54 Å². The molecule has 3 nitrogen and oxygen atoms in total. The van der Waals surface area contributed by atoms with Crippen LogP contribution in [0.1, 0.15) is 12.6 Å². The third-order valence-electron chi connectivity index (χ3n) is 1.72. The molecule has 0 aromatic carbocycles. The standard InChI is InChI=1S/C11H14N2O/c1-2-5-11(14)13-9-7-10-6-3-4-8-12-10/h2-6,8H,7,9H2,1H3,(H,13,14)/b5-2+. The number of pyridine rings is 1. The van der Waals surface area contributed by atoms with Gasteiger partial charge >= 0.3 is 0 Å². The van der Waals surface area contributed by atoms with Gasteiger partial charge in [-0.15, -0.1) is 0 Å². The fourth-order valence-electron chi connectivity index (χ4n) is 1.07. The highest BCUT2D eigenvalue weighted by Gasteiger charge is 1.95. The summed E-state index contributed by atoms with van der Waals surface area (Å²) in [4.78, 5) is 15.2. The van der Waals surface area contributed by atoms with Crippen molar-refractivity contribution in [3.8, 4) is 0 Å². The number of aromatic nitrogens is 1.